The molecule has 0 aromatic heterocycles. The summed E-state index contributed by atoms with van der Waals surface area (Å²) in [4.78, 5) is 0. The smallest absolute Gasteiger partial charge is 0.120 e. The second kappa shape index (κ2) is 4.66. The van der Waals surface area contributed by atoms with Crippen molar-refractivity contribution < 1.29 is 4.74 Å². The van der Waals surface area contributed by atoms with E-state index in [1.54, 1.807) is 0 Å². The second-order valence-corrected chi connectivity index (χ2v) is 3.98. The van der Waals surface area contributed by atoms with Crippen molar-refractivity contribution in [2.45, 2.75) is 26.9 Å². The van der Waals surface area contributed by atoms with Crippen molar-refractivity contribution in [3.8, 4) is 5.75 Å². The highest BCUT2D eigenvalue weighted by molar-refractivity contribution is 9.09. The van der Waals surface area contributed by atoms with E-state index in [1.807, 2.05) is 13.0 Å². The molecule has 1 aromatic rings. The fourth-order valence-corrected chi connectivity index (χ4v) is 1.18. The molecule has 0 aliphatic rings. The van der Waals surface area contributed by atoms with Gasteiger partial charge in [0.15, 0.2) is 0 Å². The first-order valence-corrected chi connectivity index (χ1v) is 5.55. The Labute approximate surface area is 88.2 Å². The van der Waals surface area contributed by atoms with Crippen LogP contribution in [0.25, 0.3) is 0 Å². The number of hydrogen-bond acceptors (Lipinski definition) is 1. The molecule has 2 heteroatoms. The first-order valence-electron chi connectivity index (χ1n) is 4.43. The zero-order chi connectivity index (χ0) is 9.84. The summed E-state index contributed by atoms with van der Waals surface area (Å²) in [5.41, 5.74) is 2.58. The Balaban J connectivity index is 2.73. The van der Waals surface area contributed by atoms with Crippen LogP contribution in [0.3, 0.4) is 0 Å². The van der Waals surface area contributed by atoms with Gasteiger partial charge in [-0.25, -0.2) is 0 Å². The van der Waals surface area contributed by atoms with Crippen molar-refractivity contribution in [2.24, 2.45) is 0 Å². The minimum absolute atomic E-state index is 0.224. The maximum Gasteiger partial charge on any atom is 0.120 e. The molecule has 0 N–H and O–H groups in total. The van der Waals surface area contributed by atoms with E-state index < -0.39 is 0 Å². The minimum atomic E-state index is 0.224. The Morgan fingerprint density at radius 1 is 1.31 bits per heavy atom. The summed E-state index contributed by atoms with van der Waals surface area (Å²) in [7, 11) is 0. The van der Waals surface area contributed by atoms with Crippen LogP contribution >= 0.6 is 15.9 Å². The molecule has 72 valence electrons. The Bertz CT molecular complexity index is 283. The van der Waals surface area contributed by atoms with Gasteiger partial charge in [0, 0.05) is 5.33 Å². The van der Waals surface area contributed by atoms with Crippen molar-refractivity contribution in [1.29, 1.82) is 0 Å². The van der Waals surface area contributed by atoms with Crippen LogP contribution in [0.4, 0.5) is 0 Å². The SMILES string of the molecule is Cc1ccc(O[C@H](C)CBr)cc1C. The number of benzene rings is 1. The maximum absolute atomic E-state index is 5.65. The molecule has 0 bridgehead atoms. The summed E-state index contributed by atoms with van der Waals surface area (Å²) in [5.74, 6) is 0.954. The molecular weight excluding hydrogens is 228 g/mol. The molecular formula is C11H15BrO. The van der Waals surface area contributed by atoms with Gasteiger partial charge >= 0.3 is 0 Å². The van der Waals surface area contributed by atoms with Crippen LogP contribution in [-0.4, -0.2) is 11.4 Å². The Morgan fingerprint density at radius 2 is 2.00 bits per heavy atom. The highest BCUT2D eigenvalue weighted by Crippen LogP contribution is 2.17. The maximum atomic E-state index is 5.65. The number of halogens is 1. The van der Waals surface area contributed by atoms with Crippen molar-refractivity contribution in [1.82, 2.24) is 0 Å². The van der Waals surface area contributed by atoms with E-state index in [0.29, 0.717) is 0 Å². The summed E-state index contributed by atoms with van der Waals surface area (Å²) in [6.07, 6.45) is 0.224. The summed E-state index contributed by atoms with van der Waals surface area (Å²) < 4.78 is 5.65. The van der Waals surface area contributed by atoms with Crippen LogP contribution < -0.4 is 4.74 Å². The second-order valence-electron chi connectivity index (χ2n) is 3.33. The molecule has 0 amide bonds. The van der Waals surface area contributed by atoms with Crippen molar-refractivity contribution in [3.63, 3.8) is 0 Å². The highest BCUT2D eigenvalue weighted by atomic mass is 79.9. The van der Waals surface area contributed by atoms with Crippen LogP contribution in [0.1, 0.15) is 18.1 Å². The van der Waals surface area contributed by atoms with Crippen molar-refractivity contribution in [2.75, 3.05) is 5.33 Å². The predicted octanol–water partition coefficient (Wildman–Crippen LogP) is 3.47. The van der Waals surface area contributed by atoms with Gasteiger partial charge in [-0.3, -0.25) is 0 Å². The fourth-order valence-electron chi connectivity index (χ4n) is 1.05. The van der Waals surface area contributed by atoms with E-state index in [9.17, 15) is 0 Å². The van der Waals surface area contributed by atoms with Gasteiger partial charge in [-0.1, -0.05) is 22.0 Å². The summed E-state index contributed by atoms with van der Waals surface area (Å²) in [5, 5.41) is 0.861. The third kappa shape index (κ3) is 3.03. The average molecular weight is 243 g/mol. The molecule has 0 aliphatic heterocycles. The molecule has 0 heterocycles. The van der Waals surface area contributed by atoms with Gasteiger partial charge in [0.25, 0.3) is 0 Å². The first-order chi connectivity index (χ1) is 6.13. The average Bonchev–Trinajstić information content (AvgIpc) is 2.11. The standard InChI is InChI=1S/C11H15BrO/c1-8-4-5-11(6-9(8)2)13-10(3)7-12/h4-6,10H,7H2,1-3H3/t10-/m1/s1. The normalized spacial score (nSPS) is 12.6. The van der Waals surface area contributed by atoms with Crippen LogP contribution in [0, 0.1) is 13.8 Å². The summed E-state index contributed by atoms with van der Waals surface area (Å²) >= 11 is 3.38. The number of aryl methyl sites for hydroxylation is 2. The summed E-state index contributed by atoms with van der Waals surface area (Å²) in [6.45, 7) is 6.25. The zero-order valence-electron chi connectivity index (χ0n) is 8.30. The molecule has 1 rings (SSSR count). The Kier molecular flexibility index (Phi) is 3.79. The van der Waals surface area contributed by atoms with E-state index in [2.05, 4.69) is 41.9 Å². The number of ether oxygens (including phenoxy) is 1. The molecule has 1 atom stereocenters. The largest absolute Gasteiger partial charge is 0.490 e. The first kappa shape index (κ1) is 10.6. The van der Waals surface area contributed by atoms with Crippen LogP contribution in [0.5, 0.6) is 5.75 Å². The third-order valence-corrected chi connectivity index (χ3v) is 2.94. The van der Waals surface area contributed by atoms with E-state index in [-0.39, 0.29) is 6.10 Å². The van der Waals surface area contributed by atoms with E-state index in [1.165, 1.54) is 11.1 Å². The topological polar surface area (TPSA) is 9.23 Å². The monoisotopic (exact) mass is 242 g/mol. The molecule has 1 aromatic carbocycles. The van der Waals surface area contributed by atoms with Gasteiger partial charge in [-0.05, 0) is 44.0 Å². The van der Waals surface area contributed by atoms with Gasteiger partial charge in [0.1, 0.15) is 11.9 Å². The lowest BCUT2D eigenvalue weighted by atomic mass is 10.1. The highest BCUT2D eigenvalue weighted by Gasteiger charge is 2.02. The molecule has 1 nitrogen and oxygen atoms in total. The van der Waals surface area contributed by atoms with Crippen LogP contribution in [-0.2, 0) is 0 Å². The number of alkyl halides is 1. The number of rotatable bonds is 3. The van der Waals surface area contributed by atoms with Crippen molar-refractivity contribution >= 4 is 15.9 Å². The molecule has 0 unspecified atom stereocenters. The van der Waals surface area contributed by atoms with Gasteiger partial charge in [-0.15, -0.1) is 0 Å². The molecule has 13 heavy (non-hydrogen) atoms. The third-order valence-electron chi connectivity index (χ3n) is 2.03. The van der Waals surface area contributed by atoms with E-state index >= 15 is 0 Å². The quantitative estimate of drug-likeness (QED) is 0.738. The van der Waals surface area contributed by atoms with Gasteiger partial charge in [-0.2, -0.15) is 0 Å². The lowest BCUT2D eigenvalue weighted by molar-refractivity contribution is 0.248. The van der Waals surface area contributed by atoms with Gasteiger partial charge in [0.05, 0.1) is 0 Å². The lowest BCUT2D eigenvalue weighted by Gasteiger charge is -2.12. The minimum Gasteiger partial charge on any atom is -0.490 e. The van der Waals surface area contributed by atoms with Gasteiger partial charge in [0.2, 0.25) is 0 Å². The fraction of sp³-hybridized carbons (Fsp3) is 0.455. The number of hydrogen-bond donors (Lipinski definition) is 0. The van der Waals surface area contributed by atoms with Crippen LogP contribution in [0.15, 0.2) is 18.2 Å². The molecule has 0 spiro atoms. The van der Waals surface area contributed by atoms with Crippen LogP contribution in [0.2, 0.25) is 0 Å². The molecule has 0 aliphatic carbocycles. The van der Waals surface area contributed by atoms with Gasteiger partial charge < -0.3 is 4.74 Å². The zero-order valence-corrected chi connectivity index (χ0v) is 9.89. The van der Waals surface area contributed by atoms with E-state index in [4.69, 9.17) is 4.74 Å². The summed E-state index contributed by atoms with van der Waals surface area (Å²) in [6, 6.07) is 6.18. The predicted molar refractivity (Wildman–Crippen MR) is 59.8 cm³/mol. The lowest BCUT2D eigenvalue weighted by Crippen LogP contribution is -2.12. The molecule has 0 saturated carbocycles. The molecule has 0 radical (unpaired) electrons. The molecule has 0 fully saturated rings. The molecule has 0 saturated heterocycles. The van der Waals surface area contributed by atoms with Crippen molar-refractivity contribution in [3.05, 3.63) is 29.3 Å². The van der Waals surface area contributed by atoms with E-state index in [0.717, 1.165) is 11.1 Å². The Hall–Kier alpha value is -0.500. The Morgan fingerprint density at radius 3 is 2.54 bits per heavy atom.